The van der Waals surface area contributed by atoms with Gasteiger partial charge in [-0.05, 0) is 41.5 Å². The van der Waals surface area contributed by atoms with E-state index in [1.165, 1.54) is 24.0 Å². The van der Waals surface area contributed by atoms with E-state index in [0.717, 1.165) is 7.11 Å². The van der Waals surface area contributed by atoms with Crippen LogP contribution in [0.15, 0.2) is 0 Å². The number of Topliss-reactive ketones (excluding diaryl/α,β-unsaturated/α-hetero) is 1. The summed E-state index contributed by atoms with van der Waals surface area (Å²) in [6.45, 7) is 11.0. The van der Waals surface area contributed by atoms with Crippen LogP contribution in [0.5, 0.6) is 0 Å². The molecule has 4 amide bonds. The molecule has 0 aromatic carbocycles. The predicted molar refractivity (Wildman–Crippen MR) is 156 cm³/mol. The van der Waals surface area contributed by atoms with Crippen molar-refractivity contribution in [3.05, 3.63) is 0 Å². The van der Waals surface area contributed by atoms with Gasteiger partial charge in [0.2, 0.25) is 11.8 Å². The van der Waals surface area contributed by atoms with E-state index in [4.69, 9.17) is 9.47 Å². The molecule has 3 aliphatic heterocycles. The molecule has 2 N–H and O–H groups in total. The topological polar surface area (TPSA) is 213 Å². The number of nitrogens with zero attached hydrogens (tertiary/aromatic N) is 2. The smallest absolute Gasteiger partial charge is 0.410 e. The molecule has 3 aliphatic rings. The van der Waals surface area contributed by atoms with Crippen LogP contribution < -0.4 is 10.6 Å². The molecule has 17 heteroatoms. The van der Waals surface area contributed by atoms with Crippen molar-refractivity contribution in [3.63, 3.8) is 0 Å². The van der Waals surface area contributed by atoms with Crippen molar-refractivity contribution in [2.75, 3.05) is 47.5 Å². The second kappa shape index (κ2) is 14.3. The molecule has 0 saturated carbocycles. The molecule has 3 rings (SSSR count). The van der Waals surface area contributed by atoms with Crippen LogP contribution in [0.2, 0.25) is 0 Å². The van der Waals surface area contributed by atoms with Gasteiger partial charge in [-0.1, -0.05) is 0 Å². The number of carbonyl (C=O) groups is 8. The van der Waals surface area contributed by atoms with Gasteiger partial charge in [-0.25, -0.2) is 9.59 Å². The number of likely N-dealkylation sites (tertiary alicyclic amines) is 2. The number of carbonyl (C=O) groups excluding carboxylic acids is 8. The Morgan fingerprint density at radius 1 is 0.783 bits per heavy atom. The van der Waals surface area contributed by atoms with Crippen LogP contribution in [0.25, 0.3) is 0 Å². The summed E-state index contributed by atoms with van der Waals surface area (Å²) in [5.41, 5.74) is -3.03. The third-order valence-electron chi connectivity index (χ3n) is 6.85. The largest absolute Gasteiger partial charge is 0.469 e. The normalized spacial score (nSPS) is 19.5. The van der Waals surface area contributed by atoms with E-state index in [2.05, 4.69) is 24.8 Å². The Balaban J connectivity index is 0.000000321. The zero-order chi connectivity index (χ0) is 35.3. The lowest BCUT2D eigenvalue weighted by Gasteiger charge is -2.52. The minimum atomic E-state index is -1.41. The molecule has 17 nitrogen and oxygen atoms in total. The van der Waals surface area contributed by atoms with Crippen molar-refractivity contribution in [2.24, 2.45) is 5.92 Å². The minimum absolute atomic E-state index is 0.00218. The lowest BCUT2D eigenvalue weighted by molar-refractivity contribution is -0.159. The summed E-state index contributed by atoms with van der Waals surface area (Å²) >= 11 is 0. The average molecular weight is 657 g/mol. The fourth-order valence-corrected chi connectivity index (χ4v) is 4.91. The average Bonchev–Trinajstić information content (AvgIpc) is 2.87. The summed E-state index contributed by atoms with van der Waals surface area (Å²) in [4.78, 5) is 96.7. The highest BCUT2D eigenvalue weighted by Crippen LogP contribution is 2.32. The van der Waals surface area contributed by atoms with Crippen molar-refractivity contribution in [1.82, 2.24) is 20.4 Å². The van der Waals surface area contributed by atoms with Gasteiger partial charge < -0.3 is 44.1 Å². The number of rotatable bonds is 6. The number of esters is 3. The zero-order valence-corrected chi connectivity index (χ0v) is 27.7. The number of methoxy groups -OCH3 is 3. The highest BCUT2D eigenvalue weighted by atomic mass is 16.6. The van der Waals surface area contributed by atoms with Crippen molar-refractivity contribution in [3.8, 4) is 0 Å². The molecular weight excluding hydrogens is 612 g/mol. The summed E-state index contributed by atoms with van der Waals surface area (Å²) in [5.74, 6) is -5.24. The third kappa shape index (κ3) is 10.3. The monoisotopic (exact) mass is 656 g/mol. The maximum Gasteiger partial charge on any atom is 0.410 e. The quantitative estimate of drug-likeness (QED) is 0.220. The first-order valence-corrected chi connectivity index (χ1v) is 14.4. The van der Waals surface area contributed by atoms with Crippen molar-refractivity contribution >= 4 is 47.7 Å². The molecule has 3 fully saturated rings. The van der Waals surface area contributed by atoms with E-state index >= 15 is 0 Å². The molecule has 46 heavy (non-hydrogen) atoms. The molecule has 3 heterocycles. The number of piperidine rings is 1. The molecule has 0 radical (unpaired) electrons. The Morgan fingerprint density at radius 3 is 1.67 bits per heavy atom. The van der Waals surface area contributed by atoms with Crippen LogP contribution in [0.1, 0.15) is 60.8 Å². The number of amides is 4. The predicted octanol–water partition coefficient (Wildman–Crippen LogP) is 0.0724. The summed E-state index contributed by atoms with van der Waals surface area (Å²) in [6.07, 6.45) is -1.61. The van der Waals surface area contributed by atoms with Gasteiger partial charge in [-0.2, -0.15) is 0 Å². The van der Waals surface area contributed by atoms with E-state index in [1.54, 1.807) is 41.5 Å². The van der Waals surface area contributed by atoms with Crippen LogP contribution in [0.3, 0.4) is 0 Å². The van der Waals surface area contributed by atoms with Crippen LogP contribution in [-0.2, 0) is 52.5 Å². The van der Waals surface area contributed by atoms with Crippen molar-refractivity contribution in [2.45, 2.75) is 83.1 Å². The lowest BCUT2D eigenvalue weighted by atomic mass is 9.77. The van der Waals surface area contributed by atoms with Crippen LogP contribution in [0, 0.1) is 5.92 Å². The molecule has 1 spiro atoms. The molecule has 258 valence electrons. The Bertz CT molecular complexity index is 1220. The zero-order valence-electron chi connectivity index (χ0n) is 27.7. The van der Waals surface area contributed by atoms with E-state index in [9.17, 15) is 38.4 Å². The van der Waals surface area contributed by atoms with Crippen LogP contribution >= 0.6 is 0 Å². The van der Waals surface area contributed by atoms with Crippen molar-refractivity contribution in [1.29, 1.82) is 0 Å². The molecule has 1 atom stereocenters. The first-order chi connectivity index (χ1) is 21.1. The Kier molecular flexibility index (Phi) is 11.8. The van der Waals surface area contributed by atoms with Crippen molar-refractivity contribution < 1.29 is 62.0 Å². The number of hydrogen-bond donors (Lipinski definition) is 2. The fraction of sp³-hybridized carbons (Fsp3) is 0.724. The maximum absolute atomic E-state index is 12.0. The van der Waals surface area contributed by atoms with Gasteiger partial charge >= 0.3 is 30.1 Å². The highest BCUT2D eigenvalue weighted by molar-refractivity contribution is 6.18. The van der Waals surface area contributed by atoms with Gasteiger partial charge in [0.25, 0.3) is 0 Å². The van der Waals surface area contributed by atoms with Crippen LogP contribution in [0.4, 0.5) is 9.59 Å². The third-order valence-corrected chi connectivity index (χ3v) is 6.85. The summed E-state index contributed by atoms with van der Waals surface area (Å²) in [5, 5.41) is 5.28. The Hall–Kier alpha value is -4.44. The highest BCUT2D eigenvalue weighted by Gasteiger charge is 2.55. The number of hydrogen-bond acceptors (Lipinski definition) is 13. The van der Waals surface area contributed by atoms with Gasteiger partial charge in [0.05, 0.1) is 38.8 Å². The van der Waals surface area contributed by atoms with Gasteiger partial charge in [0.1, 0.15) is 17.6 Å². The molecular formula is C29H44N4O13. The van der Waals surface area contributed by atoms with E-state index in [0.29, 0.717) is 0 Å². The first-order valence-electron chi connectivity index (χ1n) is 14.4. The molecule has 0 aromatic rings. The lowest BCUT2D eigenvalue weighted by Crippen LogP contribution is -2.75. The standard InChI is InChI=1S/C15H24N2O7.C14H20N2O6/c1-14(2,3)24-13(21)17-8-15(9-17,7-12(20)23-5)16-10(18)6-11(19)22-4;1-13(2,3)22-12(20)16-6-14(7-16)5-8(17)9(10(18)15-14)11(19)21-4/h6-9H2,1-5H3,(H,16,18);9H,5-7H2,1-4H3,(H,15,18). The summed E-state index contributed by atoms with van der Waals surface area (Å²) in [7, 11) is 3.53. The molecule has 0 aromatic heterocycles. The minimum Gasteiger partial charge on any atom is -0.469 e. The molecule has 0 bridgehead atoms. The summed E-state index contributed by atoms with van der Waals surface area (Å²) in [6, 6.07) is 0. The van der Waals surface area contributed by atoms with Gasteiger partial charge in [0.15, 0.2) is 11.7 Å². The molecule has 1 unspecified atom stereocenters. The Labute approximate surface area is 266 Å². The second-order valence-corrected chi connectivity index (χ2v) is 13.4. The van der Waals surface area contributed by atoms with E-state index < -0.39 is 82.3 Å². The van der Waals surface area contributed by atoms with Gasteiger partial charge in [0, 0.05) is 32.6 Å². The fourth-order valence-electron chi connectivity index (χ4n) is 4.91. The second-order valence-electron chi connectivity index (χ2n) is 13.4. The first kappa shape index (κ1) is 37.7. The van der Waals surface area contributed by atoms with Crippen LogP contribution in [-0.4, -0.2) is 127 Å². The van der Waals surface area contributed by atoms with E-state index in [-0.39, 0.29) is 39.0 Å². The number of ketones is 1. The molecule has 3 saturated heterocycles. The van der Waals surface area contributed by atoms with Gasteiger partial charge in [-0.15, -0.1) is 0 Å². The molecule has 0 aliphatic carbocycles. The summed E-state index contributed by atoms with van der Waals surface area (Å²) < 4.78 is 24.0. The van der Waals surface area contributed by atoms with Gasteiger partial charge in [-0.3, -0.25) is 28.8 Å². The van der Waals surface area contributed by atoms with E-state index in [1.807, 2.05) is 0 Å². The Morgan fingerprint density at radius 2 is 1.26 bits per heavy atom. The maximum atomic E-state index is 12.0. The number of nitrogens with one attached hydrogen (secondary N) is 2. The SMILES string of the molecule is COC(=O)C1C(=O)CC2(CN(C(=O)OC(C)(C)C)C2)NC1=O.COC(=O)CC(=O)NC1(CC(=O)OC)CN(C(=O)OC(C)(C)C)C1. The number of ether oxygens (including phenoxy) is 5.